The number of carbonyl (C=O) groups excluding carboxylic acids is 2. The zero-order valence-electron chi connectivity index (χ0n) is 12.5. The van der Waals surface area contributed by atoms with Crippen molar-refractivity contribution in [2.45, 2.75) is 19.9 Å². The lowest BCUT2D eigenvalue weighted by Gasteiger charge is -2.07. The van der Waals surface area contributed by atoms with Gasteiger partial charge in [0.05, 0.1) is 0 Å². The Morgan fingerprint density at radius 1 is 1.00 bits per heavy atom. The molecule has 0 bridgehead atoms. The Balaban J connectivity index is 1.92. The van der Waals surface area contributed by atoms with E-state index in [-0.39, 0.29) is 11.8 Å². The van der Waals surface area contributed by atoms with E-state index in [0.717, 1.165) is 12.0 Å². The van der Waals surface area contributed by atoms with E-state index in [0.29, 0.717) is 24.2 Å². The maximum absolute atomic E-state index is 12.0. The molecule has 0 radical (unpaired) electrons. The average Bonchev–Trinajstić information content (AvgIpc) is 2.58. The fraction of sp³-hybridized carbons (Fsp3) is 0.235. The maximum atomic E-state index is 12.0. The molecule has 0 spiro atoms. The van der Waals surface area contributed by atoms with Crippen LogP contribution in [0.5, 0.6) is 0 Å². The molecule has 2 N–H and O–H groups in total. The number of nitrogens with one attached hydrogen (secondary N) is 2. The summed E-state index contributed by atoms with van der Waals surface area (Å²) in [6.07, 6.45) is 4.29. The Morgan fingerprint density at radius 3 is 2.18 bits per heavy atom. The van der Waals surface area contributed by atoms with Gasteiger partial charge in [-0.3, -0.25) is 14.6 Å². The normalized spacial score (nSPS) is 10.0. The lowest BCUT2D eigenvalue weighted by molar-refractivity contribution is 0.0940. The van der Waals surface area contributed by atoms with Gasteiger partial charge in [-0.1, -0.05) is 13.0 Å². The Hall–Kier alpha value is -2.69. The number of carbonyl (C=O) groups is 2. The summed E-state index contributed by atoms with van der Waals surface area (Å²) in [5.41, 5.74) is 2.01. The molecule has 1 aromatic carbocycles. The van der Waals surface area contributed by atoms with Crippen LogP contribution in [-0.2, 0) is 6.54 Å². The molecule has 0 unspecified atom stereocenters. The molecule has 0 fully saturated rings. The third-order valence-electron chi connectivity index (χ3n) is 3.12. The van der Waals surface area contributed by atoms with Crippen LogP contribution in [0, 0.1) is 0 Å². The first-order valence-electron chi connectivity index (χ1n) is 7.26. The highest BCUT2D eigenvalue weighted by Crippen LogP contribution is 2.05. The van der Waals surface area contributed by atoms with E-state index in [1.165, 1.54) is 0 Å². The predicted molar refractivity (Wildman–Crippen MR) is 84.5 cm³/mol. The van der Waals surface area contributed by atoms with Crippen molar-refractivity contribution in [3.63, 3.8) is 0 Å². The number of aromatic nitrogens is 1. The zero-order valence-corrected chi connectivity index (χ0v) is 12.5. The number of hydrogen-bond donors (Lipinski definition) is 2. The largest absolute Gasteiger partial charge is 0.352 e. The van der Waals surface area contributed by atoms with E-state index in [9.17, 15) is 9.59 Å². The summed E-state index contributed by atoms with van der Waals surface area (Å²) in [5.74, 6) is -0.298. The highest BCUT2D eigenvalue weighted by molar-refractivity contribution is 5.97. The van der Waals surface area contributed by atoms with E-state index >= 15 is 0 Å². The molecule has 0 atom stereocenters. The third-order valence-corrected chi connectivity index (χ3v) is 3.12. The molecule has 2 amide bonds. The van der Waals surface area contributed by atoms with E-state index in [1.807, 2.05) is 19.1 Å². The minimum Gasteiger partial charge on any atom is -0.352 e. The number of nitrogens with zero attached hydrogens (tertiary/aromatic N) is 1. The van der Waals surface area contributed by atoms with Gasteiger partial charge in [0.1, 0.15) is 0 Å². The molecular weight excluding hydrogens is 278 g/mol. The number of amides is 2. The van der Waals surface area contributed by atoms with E-state index in [1.54, 1.807) is 36.7 Å². The van der Waals surface area contributed by atoms with Crippen molar-refractivity contribution in [1.29, 1.82) is 0 Å². The van der Waals surface area contributed by atoms with E-state index < -0.39 is 0 Å². The van der Waals surface area contributed by atoms with Crippen molar-refractivity contribution in [2.75, 3.05) is 6.54 Å². The first-order valence-corrected chi connectivity index (χ1v) is 7.26. The lowest BCUT2D eigenvalue weighted by atomic mass is 10.1. The zero-order chi connectivity index (χ0) is 15.8. The lowest BCUT2D eigenvalue weighted by Crippen LogP contribution is -2.25. The van der Waals surface area contributed by atoms with Crippen molar-refractivity contribution in [2.24, 2.45) is 0 Å². The van der Waals surface area contributed by atoms with Gasteiger partial charge in [-0.2, -0.15) is 0 Å². The summed E-state index contributed by atoms with van der Waals surface area (Å²) in [6.45, 7) is 3.06. The Labute approximate surface area is 129 Å². The van der Waals surface area contributed by atoms with Gasteiger partial charge in [-0.25, -0.2) is 0 Å². The highest BCUT2D eigenvalue weighted by Gasteiger charge is 2.08. The van der Waals surface area contributed by atoms with E-state index in [2.05, 4.69) is 15.6 Å². The standard InChI is InChI=1S/C17H19N3O2/c1-2-9-19-16(21)14-5-7-15(8-6-14)17(22)20-12-13-4-3-10-18-11-13/h3-8,10-11H,2,9,12H2,1H3,(H,19,21)(H,20,22). The van der Waals surface area contributed by atoms with Gasteiger partial charge in [0.15, 0.2) is 0 Å². The summed E-state index contributed by atoms with van der Waals surface area (Å²) in [5, 5.41) is 5.62. The maximum Gasteiger partial charge on any atom is 0.251 e. The van der Waals surface area contributed by atoms with E-state index in [4.69, 9.17) is 0 Å². The van der Waals surface area contributed by atoms with Crippen LogP contribution in [0.15, 0.2) is 48.8 Å². The second-order valence-corrected chi connectivity index (χ2v) is 4.88. The SMILES string of the molecule is CCCNC(=O)c1ccc(C(=O)NCc2cccnc2)cc1. The summed E-state index contributed by atoms with van der Waals surface area (Å²) in [4.78, 5) is 27.8. The second-order valence-electron chi connectivity index (χ2n) is 4.88. The monoisotopic (exact) mass is 297 g/mol. The van der Waals surface area contributed by atoms with Crippen LogP contribution in [0.3, 0.4) is 0 Å². The number of hydrogen-bond acceptors (Lipinski definition) is 3. The van der Waals surface area contributed by atoms with Gasteiger partial charge >= 0.3 is 0 Å². The predicted octanol–water partition coefficient (Wildman–Crippen LogP) is 2.15. The molecular formula is C17H19N3O2. The molecule has 22 heavy (non-hydrogen) atoms. The van der Waals surface area contributed by atoms with Crippen LogP contribution in [0.2, 0.25) is 0 Å². The minimum absolute atomic E-state index is 0.121. The Morgan fingerprint density at radius 2 is 1.64 bits per heavy atom. The summed E-state index contributed by atoms with van der Waals surface area (Å²) >= 11 is 0. The number of benzene rings is 1. The van der Waals surface area contributed by atoms with Gasteiger partial charge in [-0.05, 0) is 42.3 Å². The molecule has 0 saturated heterocycles. The summed E-state index contributed by atoms with van der Waals surface area (Å²) in [7, 11) is 0. The van der Waals surface area contributed by atoms with Gasteiger partial charge < -0.3 is 10.6 Å². The van der Waals surface area contributed by atoms with Crippen molar-refractivity contribution >= 4 is 11.8 Å². The van der Waals surface area contributed by atoms with Crippen molar-refractivity contribution in [3.8, 4) is 0 Å². The average molecular weight is 297 g/mol. The summed E-state index contributed by atoms with van der Waals surface area (Å²) in [6, 6.07) is 10.3. The second kappa shape index (κ2) is 7.93. The van der Waals surface area contributed by atoms with Gasteiger partial charge in [0, 0.05) is 36.6 Å². The molecule has 2 rings (SSSR count). The van der Waals surface area contributed by atoms with Crippen LogP contribution in [0.1, 0.15) is 39.6 Å². The molecule has 2 aromatic rings. The molecule has 0 saturated carbocycles. The third kappa shape index (κ3) is 4.41. The molecule has 0 aliphatic heterocycles. The molecule has 0 aliphatic carbocycles. The molecule has 0 aliphatic rings. The van der Waals surface area contributed by atoms with Crippen LogP contribution in [-0.4, -0.2) is 23.3 Å². The molecule has 1 heterocycles. The number of rotatable bonds is 6. The topological polar surface area (TPSA) is 71.1 Å². The van der Waals surface area contributed by atoms with Crippen molar-refractivity contribution in [3.05, 3.63) is 65.5 Å². The van der Waals surface area contributed by atoms with Gasteiger partial charge in [0.25, 0.3) is 11.8 Å². The fourth-order valence-electron chi connectivity index (χ4n) is 1.90. The molecule has 5 nitrogen and oxygen atoms in total. The molecule has 114 valence electrons. The van der Waals surface area contributed by atoms with Crippen LogP contribution >= 0.6 is 0 Å². The number of pyridine rings is 1. The first-order chi connectivity index (χ1) is 10.7. The van der Waals surface area contributed by atoms with Crippen LogP contribution in [0.4, 0.5) is 0 Å². The first kappa shape index (κ1) is 15.7. The Bertz CT molecular complexity index is 624. The summed E-state index contributed by atoms with van der Waals surface area (Å²) < 4.78 is 0. The van der Waals surface area contributed by atoms with Gasteiger partial charge in [-0.15, -0.1) is 0 Å². The van der Waals surface area contributed by atoms with Crippen molar-refractivity contribution < 1.29 is 9.59 Å². The molecule has 1 aromatic heterocycles. The molecule has 5 heteroatoms. The van der Waals surface area contributed by atoms with Crippen LogP contribution < -0.4 is 10.6 Å². The minimum atomic E-state index is -0.177. The van der Waals surface area contributed by atoms with Crippen molar-refractivity contribution in [1.82, 2.24) is 15.6 Å². The highest BCUT2D eigenvalue weighted by atomic mass is 16.2. The van der Waals surface area contributed by atoms with Crippen LogP contribution in [0.25, 0.3) is 0 Å². The quantitative estimate of drug-likeness (QED) is 0.858. The smallest absolute Gasteiger partial charge is 0.251 e. The fourth-order valence-corrected chi connectivity index (χ4v) is 1.90. The van der Waals surface area contributed by atoms with Gasteiger partial charge in [0.2, 0.25) is 0 Å². The Kier molecular flexibility index (Phi) is 5.65.